The molecule has 0 aromatic rings. The number of hydrogen-bond donors (Lipinski definition) is 0. The zero-order valence-corrected chi connectivity index (χ0v) is 16.3. The summed E-state index contributed by atoms with van der Waals surface area (Å²) in [6, 6.07) is 3.22. The number of allylic oxidation sites excluding steroid dienone is 1. The van der Waals surface area contributed by atoms with Gasteiger partial charge in [0, 0.05) is 12.5 Å². The molecule has 2 rings (SSSR count). The quantitative estimate of drug-likeness (QED) is 0.318. The average molecular weight is 349 g/mol. The second-order valence-corrected chi connectivity index (χ2v) is 11.3. The van der Waals surface area contributed by atoms with Gasteiger partial charge in [-0.2, -0.15) is 0 Å². The van der Waals surface area contributed by atoms with Crippen LogP contribution in [-0.4, -0.2) is 38.7 Å². The van der Waals surface area contributed by atoms with Crippen LogP contribution in [0.3, 0.4) is 0 Å². The molecule has 0 bridgehead atoms. The molecule has 0 aromatic heterocycles. The minimum absolute atomic E-state index is 0.0645. The van der Waals surface area contributed by atoms with Crippen molar-refractivity contribution in [2.75, 3.05) is 0 Å². The Kier molecular flexibility index (Phi) is 6.08. The minimum Gasteiger partial charge on any atom is -0.455 e. The van der Waals surface area contributed by atoms with Crippen LogP contribution in [0.25, 0.3) is 0 Å². The minimum atomic E-state index is -1.79. The van der Waals surface area contributed by atoms with E-state index < -0.39 is 8.32 Å². The van der Waals surface area contributed by atoms with Crippen LogP contribution in [-0.2, 0) is 18.7 Å². The molecule has 0 unspecified atom stereocenters. The third kappa shape index (κ3) is 4.18. The maximum absolute atomic E-state index is 11.3. The van der Waals surface area contributed by atoms with E-state index in [0.29, 0.717) is 0 Å². The number of ether oxygens (including phenoxy) is 2. The lowest BCUT2D eigenvalue weighted by Crippen LogP contribution is -2.45. The molecule has 2 aliphatic rings. The van der Waals surface area contributed by atoms with Crippen molar-refractivity contribution in [2.45, 2.75) is 77.2 Å². The number of esters is 1. The number of fused-ring (bicyclic) bond motifs is 1. The van der Waals surface area contributed by atoms with Gasteiger partial charge in [0.25, 0.3) is 0 Å². The van der Waals surface area contributed by atoms with Crippen molar-refractivity contribution in [3.05, 3.63) is 23.8 Å². The molecule has 0 amide bonds. The van der Waals surface area contributed by atoms with Gasteiger partial charge in [0.2, 0.25) is 0 Å². The van der Waals surface area contributed by atoms with Crippen LogP contribution in [0.1, 0.15) is 34.6 Å². The lowest BCUT2D eigenvalue weighted by atomic mass is 9.94. The molecule has 0 spiro atoms. The molecular formula is C19H28O4Si. The second-order valence-electron chi connectivity index (χ2n) is 6.57. The Morgan fingerprint density at radius 1 is 1.25 bits per heavy atom. The molecule has 132 valence electrons. The third-order valence-electron chi connectivity index (χ3n) is 4.87. The molecule has 5 heteroatoms. The van der Waals surface area contributed by atoms with Crippen molar-refractivity contribution in [1.82, 2.24) is 0 Å². The van der Waals surface area contributed by atoms with E-state index in [9.17, 15) is 4.79 Å². The van der Waals surface area contributed by atoms with E-state index in [-0.39, 0.29) is 30.4 Å². The Balaban J connectivity index is 2.30. The van der Waals surface area contributed by atoms with E-state index in [2.05, 4.69) is 39.2 Å². The van der Waals surface area contributed by atoms with Gasteiger partial charge in [-0.25, -0.2) is 0 Å². The summed E-state index contributed by atoms with van der Waals surface area (Å²) in [7, 11) is -1.79. The second kappa shape index (κ2) is 7.69. The van der Waals surface area contributed by atoms with Gasteiger partial charge in [0.15, 0.2) is 8.32 Å². The highest BCUT2D eigenvalue weighted by molar-refractivity contribution is 6.73. The first-order valence-electron chi connectivity index (χ1n) is 8.75. The molecule has 1 fully saturated rings. The van der Waals surface area contributed by atoms with Crippen LogP contribution < -0.4 is 0 Å². The monoisotopic (exact) mass is 348 g/mol. The van der Waals surface area contributed by atoms with Crippen LogP contribution in [0.2, 0.25) is 18.1 Å². The summed E-state index contributed by atoms with van der Waals surface area (Å²) in [5, 5.41) is 0. The number of carbonyl (C=O) groups is 1. The molecule has 1 aliphatic carbocycles. The summed E-state index contributed by atoms with van der Waals surface area (Å²) in [6.45, 7) is 13.7. The fraction of sp³-hybridized carbons (Fsp3) is 0.632. The van der Waals surface area contributed by atoms with Gasteiger partial charge in [0.1, 0.15) is 24.4 Å². The lowest BCUT2D eigenvalue weighted by Gasteiger charge is -2.34. The van der Waals surface area contributed by atoms with Gasteiger partial charge in [-0.3, -0.25) is 4.79 Å². The lowest BCUT2D eigenvalue weighted by molar-refractivity contribution is -0.145. The van der Waals surface area contributed by atoms with Crippen molar-refractivity contribution in [3.63, 3.8) is 0 Å². The third-order valence-corrected chi connectivity index (χ3v) is 9.49. The Hall–Kier alpha value is -1.35. The molecule has 1 aliphatic heterocycles. The van der Waals surface area contributed by atoms with Gasteiger partial charge < -0.3 is 13.9 Å². The number of rotatable bonds is 6. The molecule has 0 N–H and O–H groups in total. The Labute approximate surface area is 146 Å². The van der Waals surface area contributed by atoms with Crippen molar-refractivity contribution >= 4 is 14.3 Å². The van der Waals surface area contributed by atoms with Crippen LogP contribution in [0.4, 0.5) is 0 Å². The average Bonchev–Trinajstić information content (AvgIpc) is 3.33. The van der Waals surface area contributed by atoms with E-state index in [1.165, 1.54) is 6.92 Å². The highest BCUT2D eigenvalue weighted by Gasteiger charge is 2.56. The number of hydrogen-bond acceptors (Lipinski definition) is 4. The summed E-state index contributed by atoms with van der Waals surface area (Å²) in [5.74, 6) is 5.88. The Morgan fingerprint density at radius 2 is 1.88 bits per heavy atom. The highest BCUT2D eigenvalue weighted by atomic mass is 28.4. The zero-order chi connectivity index (χ0) is 17.9. The van der Waals surface area contributed by atoms with E-state index in [0.717, 1.165) is 29.3 Å². The van der Waals surface area contributed by atoms with E-state index in [1.54, 1.807) is 0 Å². The Morgan fingerprint density at radius 3 is 2.38 bits per heavy atom. The van der Waals surface area contributed by atoms with Crippen molar-refractivity contribution in [2.24, 2.45) is 0 Å². The summed E-state index contributed by atoms with van der Waals surface area (Å²) in [6.07, 6.45) is 1.20. The molecule has 24 heavy (non-hydrogen) atoms. The molecular weight excluding hydrogens is 320 g/mol. The van der Waals surface area contributed by atoms with E-state index >= 15 is 0 Å². The maximum atomic E-state index is 11.3. The molecule has 1 heterocycles. The summed E-state index contributed by atoms with van der Waals surface area (Å²) in [5.41, 5.74) is 1.65. The SMILES string of the molecule is C=C(C)C#CC1=C[C@@H](OC(C)=O)[C@@H]2O[C@@H]2[C@@H]1O[Si](CC)(CC)CC. The standard InChI is InChI=1S/C19H28O4Si/c1-7-24(8-2,9-3)23-17-15(11-10-13(4)5)12-16(21-14(6)20)18-19(17)22-18/h12,16-19H,4,7-9H2,1-3,5-6H3/t16-,17-,18+,19-/m1/s1. The van der Waals surface area contributed by atoms with Gasteiger partial charge in [0.05, 0.1) is 0 Å². The predicted octanol–water partition coefficient (Wildman–Crippen LogP) is 3.60. The smallest absolute Gasteiger partial charge is 0.303 e. The topological polar surface area (TPSA) is 48.1 Å². The van der Waals surface area contributed by atoms with Crippen molar-refractivity contribution < 1.29 is 18.7 Å². The van der Waals surface area contributed by atoms with Crippen LogP contribution in [0.5, 0.6) is 0 Å². The summed E-state index contributed by atoms with van der Waals surface area (Å²) < 4.78 is 17.8. The first kappa shape index (κ1) is 19.0. The number of carbonyl (C=O) groups excluding carboxylic acids is 1. The Bertz CT molecular complexity index is 586. The van der Waals surface area contributed by atoms with E-state index in [1.807, 2.05) is 13.0 Å². The summed E-state index contributed by atoms with van der Waals surface area (Å²) in [4.78, 5) is 11.3. The van der Waals surface area contributed by atoms with Crippen LogP contribution >= 0.6 is 0 Å². The summed E-state index contributed by atoms with van der Waals surface area (Å²) >= 11 is 0. The zero-order valence-electron chi connectivity index (χ0n) is 15.3. The largest absolute Gasteiger partial charge is 0.455 e. The van der Waals surface area contributed by atoms with Crippen LogP contribution in [0.15, 0.2) is 23.8 Å². The van der Waals surface area contributed by atoms with Crippen molar-refractivity contribution in [3.8, 4) is 11.8 Å². The predicted molar refractivity (Wildman–Crippen MR) is 97.0 cm³/mol. The fourth-order valence-electron chi connectivity index (χ4n) is 3.17. The molecule has 4 atom stereocenters. The fourth-order valence-corrected chi connectivity index (χ4v) is 5.97. The van der Waals surface area contributed by atoms with Gasteiger partial charge >= 0.3 is 5.97 Å². The number of epoxide rings is 1. The molecule has 0 radical (unpaired) electrons. The molecule has 4 nitrogen and oxygen atoms in total. The van der Waals surface area contributed by atoms with E-state index in [4.69, 9.17) is 13.9 Å². The maximum Gasteiger partial charge on any atom is 0.303 e. The van der Waals surface area contributed by atoms with Gasteiger partial charge in [-0.15, -0.1) is 0 Å². The normalized spacial score (nSPS) is 28.1. The van der Waals surface area contributed by atoms with Crippen molar-refractivity contribution in [1.29, 1.82) is 0 Å². The molecule has 1 saturated heterocycles. The van der Waals surface area contributed by atoms with Crippen LogP contribution in [0, 0.1) is 11.8 Å². The first-order chi connectivity index (χ1) is 11.4. The van der Waals surface area contributed by atoms with Gasteiger partial charge in [-0.05, 0) is 36.7 Å². The molecule has 0 saturated carbocycles. The molecule has 0 aromatic carbocycles. The van der Waals surface area contributed by atoms with Gasteiger partial charge in [-0.1, -0.05) is 39.2 Å². The first-order valence-corrected chi connectivity index (χ1v) is 11.3. The highest BCUT2D eigenvalue weighted by Crippen LogP contribution is 2.42.